The van der Waals surface area contributed by atoms with E-state index in [0.717, 1.165) is 31.4 Å². The van der Waals surface area contributed by atoms with Crippen molar-refractivity contribution in [3.05, 3.63) is 23.3 Å². The molecule has 0 aromatic carbocycles. The molecule has 1 aromatic heterocycles. The van der Waals surface area contributed by atoms with E-state index in [-0.39, 0.29) is 23.3 Å². The third-order valence-electron chi connectivity index (χ3n) is 5.97. The maximum Gasteiger partial charge on any atom is 0.272 e. The standard InChI is InChI=1S/C20H30N4O3/c1-14-21-17(19(27)24-9-4-5-16(26)6-10-24)13-18(22-14)20(3)7-11-23(12-8-20)15(2)25/h13,16,26H,4-12H2,1-3H3/t16-/m0/s1. The van der Waals surface area contributed by atoms with Gasteiger partial charge in [-0.15, -0.1) is 0 Å². The minimum absolute atomic E-state index is 0.0828. The van der Waals surface area contributed by atoms with Crippen LogP contribution in [0.2, 0.25) is 0 Å². The third kappa shape index (κ3) is 4.46. The first-order valence-electron chi connectivity index (χ1n) is 9.87. The molecule has 0 spiro atoms. The van der Waals surface area contributed by atoms with E-state index in [1.165, 1.54) is 0 Å². The van der Waals surface area contributed by atoms with Crippen LogP contribution in [-0.4, -0.2) is 69.0 Å². The molecule has 2 amide bonds. The van der Waals surface area contributed by atoms with E-state index in [9.17, 15) is 14.7 Å². The highest BCUT2D eigenvalue weighted by atomic mass is 16.3. The Kier molecular flexibility index (Phi) is 5.79. The molecule has 2 aliphatic heterocycles. The smallest absolute Gasteiger partial charge is 0.272 e. The molecule has 7 heteroatoms. The Morgan fingerprint density at radius 3 is 2.48 bits per heavy atom. The third-order valence-corrected chi connectivity index (χ3v) is 5.97. The van der Waals surface area contributed by atoms with Crippen molar-refractivity contribution in [2.75, 3.05) is 26.2 Å². The van der Waals surface area contributed by atoms with Crippen molar-refractivity contribution in [3.63, 3.8) is 0 Å². The van der Waals surface area contributed by atoms with E-state index in [4.69, 9.17) is 0 Å². The second kappa shape index (κ2) is 7.92. The number of hydrogen-bond acceptors (Lipinski definition) is 5. The maximum absolute atomic E-state index is 13.0. The van der Waals surface area contributed by atoms with Crippen molar-refractivity contribution in [1.82, 2.24) is 19.8 Å². The minimum atomic E-state index is -0.323. The number of aryl methyl sites for hydroxylation is 1. The molecule has 3 heterocycles. The molecule has 7 nitrogen and oxygen atoms in total. The van der Waals surface area contributed by atoms with Gasteiger partial charge in [-0.3, -0.25) is 9.59 Å². The van der Waals surface area contributed by atoms with Gasteiger partial charge in [-0.05, 0) is 45.1 Å². The molecule has 148 valence electrons. The number of aliphatic hydroxyl groups excluding tert-OH is 1. The van der Waals surface area contributed by atoms with Crippen LogP contribution in [-0.2, 0) is 10.2 Å². The molecule has 3 rings (SSSR count). The fourth-order valence-electron chi connectivity index (χ4n) is 4.00. The van der Waals surface area contributed by atoms with Crippen LogP contribution in [0.1, 0.15) is 68.0 Å². The second-order valence-electron chi connectivity index (χ2n) is 8.13. The maximum atomic E-state index is 13.0. The number of rotatable bonds is 2. The summed E-state index contributed by atoms with van der Waals surface area (Å²) in [5.74, 6) is 0.622. The molecule has 1 aromatic rings. The van der Waals surface area contributed by atoms with Crippen molar-refractivity contribution in [1.29, 1.82) is 0 Å². The van der Waals surface area contributed by atoms with Crippen LogP contribution in [0.4, 0.5) is 0 Å². The number of likely N-dealkylation sites (tertiary alicyclic amines) is 2. The monoisotopic (exact) mass is 374 g/mol. The summed E-state index contributed by atoms with van der Waals surface area (Å²) in [5.41, 5.74) is 1.16. The van der Waals surface area contributed by atoms with Crippen LogP contribution in [0.5, 0.6) is 0 Å². The van der Waals surface area contributed by atoms with Gasteiger partial charge in [0, 0.05) is 38.5 Å². The average Bonchev–Trinajstić information content (AvgIpc) is 2.85. The Labute approximate surface area is 160 Å². The lowest BCUT2D eigenvalue weighted by Gasteiger charge is -2.38. The SMILES string of the molecule is CC(=O)N1CCC(C)(c2cc(C(=O)N3CCC[C@H](O)CC3)nc(C)n2)CC1. The van der Waals surface area contributed by atoms with Gasteiger partial charge >= 0.3 is 0 Å². The zero-order chi connectivity index (χ0) is 19.6. The molecule has 0 saturated carbocycles. The number of hydrogen-bond donors (Lipinski definition) is 1. The molecule has 0 aliphatic carbocycles. The van der Waals surface area contributed by atoms with Crippen molar-refractivity contribution in [2.45, 2.75) is 64.4 Å². The second-order valence-corrected chi connectivity index (χ2v) is 8.13. The lowest BCUT2D eigenvalue weighted by molar-refractivity contribution is -0.130. The molecule has 0 radical (unpaired) electrons. The molecule has 2 aliphatic rings. The Morgan fingerprint density at radius 2 is 1.81 bits per heavy atom. The number of carbonyl (C=O) groups is 2. The lowest BCUT2D eigenvalue weighted by Crippen LogP contribution is -2.43. The fraction of sp³-hybridized carbons (Fsp3) is 0.700. The van der Waals surface area contributed by atoms with Gasteiger partial charge < -0.3 is 14.9 Å². The van der Waals surface area contributed by atoms with Crippen molar-refractivity contribution < 1.29 is 14.7 Å². The molecule has 2 fully saturated rings. The van der Waals surface area contributed by atoms with Crippen molar-refractivity contribution in [3.8, 4) is 0 Å². The predicted molar refractivity (Wildman–Crippen MR) is 101 cm³/mol. The summed E-state index contributed by atoms with van der Waals surface area (Å²) < 4.78 is 0. The van der Waals surface area contributed by atoms with Crippen molar-refractivity contribution in [2.24, 2.45) is 0 Å². The molecule has 1 atom stereocenters. The Balaban J connectivity index is 1.80. The molecular formula is C20H30N4O3. The van der Waals surface area contributed by atoms with E-state index < -0.39 is 0 Å². The number of aliphatic hydroxyl groups is 1. The summed E-state index contributed by atoms with van der Waals surface area (Å²) >= 11 is 0. The van der Waals surface area contributed by atoms with Crippen LogP contribution in [0.15, 0.2) is 6.07 Å². The van der Waals surface area contributed by atoms with Crippen LogP contribution in [0.25, 0.3) is 0 Å². The molecular weight excluding hydrogens is 344 g/mol. The summed E-state index contributed by atoms with van der Waals surface area (Å²) in [6.07, 6.45) is 3.49. The largest absolute Gasteiger partial charge is 0.393 e. The number of nitrogens with zero attached hydrogens (tertiary/aromatic N) is 4. The summed E-state index contributed by atoms with van der Waals surface area (Å²) in [5, 5.41) is 9.82. The minimum Gasteiger partial charge on any atom is -0.393 e. The lowest BCUT2D eigenvalue weighted by atomic mass is 9.77. The van der Waals surface area contributed by atoms with Gasteiger partial charge in [0.05, 0.1) is 11.8 Å². The Morgan fingerprint density at radius 1 is 1.11 bits per heavy atom. The molecule has 0 bridgehead atoms. The summed E-state index contributed by atoms with van der Waals surface area (Å²) in [6, 6.07) is 1.83. The summed E-state index contributed by atoms with van der Waals surface area (Å²) in [6.45, 7) is 8.21. The highest BCUT2D eigenvalue weighted by molar-refractivity contribution is 5.92. The molecule has 0 unspecified atom stereocenters. The first-order chi connectivity index (χ1) is 12.8. The van der Waals surface area contributed by atoms with Gasteiger partial charge in [0.25, 0.3) is 5.91 Å². The Hall–Kier alpha value is -2.02. The molecule has 2 saturated heterocycles. The fourth-order valence-corrected chi connectivity index (χ4v) is 4.00. The van der Waals surface area contributed by atoms with E-state index in [1.54, 1.807) is 11.8 Å². The van der Waals surface area contributed by atoms with Gasteiger partial charge in [-0.1, -0.05) is 6.92 Å². The first-order valence-corrected chi connectivity index (χ1v) is 9.87. The number of amides is 2. The number of piperidine rings is 1. The highest BCUT2D eigenvalue weighted by Gasteiger charge is 2.35. The quantitative estimate of drug-likeness (QED) is 0.851. The van der Waals surface area contributed by atoms with Gasteiger partial charge in [-0.2, -0.15) is 0 Å². The van der Waals surface area contributed by atoms with E-state index in [1.807, 2.05) is 17.9 Å². The van der Waals surface area contributed by atoms with Crippen LogP contribution >= 0.6 is 0 Å². The van der Waals surface area contributed by atoms with E-state index >= 15 is 0 Å². The topological polar surface area (TPSA) is 86.6 Å². The van der Waals surface area contributed by atoms with Gasteiger partial charge in [0.15, 0.2) is 0 Å². The van der Waals surface area contributed by atoms with Gasteiger partial charge in [0.1, 0.15) is 11.5 Å². The average molecular weight is 374 g/mol. The number of carbonyl (C=O) groups excluding carboxylic acids is 2. The normalized spacial score (nSPS) is 23.0. The van der Waals surface area contributed by atoms with Crippen LogP contribution in [0, 0.1) is 6.92 Å². The van der Waals surface area contributed by atoms with Crippen molar-refractivity contribution >= 4 is 11.8 Å². The summed E-state index contributed by atoms with van der Waals surface area (Å²) in [7, 11) is 0. The molecule has 27 heavy (non-hydrogen) atoms. The van der Waals surface area contributed by atoms with E-state index in [0.29, 0.717) is 44.1 Å². The van der Waals surface area contributed by atoms with Crippen LogP contribution < -0.4 is 0 Å². The zero-order valence-corrected chi connectivity index (χ0v) is 16.6. The van der Waals surface area contributed by atoms with Crippen LogP contribution in [0.3, 0.4) is 0 Å². The predicted octanol–water partition coefficient (Wildman–Crippen LogP) is 1.67. The number of aromatic nitrogens is 2. The zero-order valence-electron chi connectivity index (χ0n) is 16.6. The van der Waals surface area contributed by atoms with Gasteiger partial charge in [-0.25, -0.2) is 9.97 Å². The summed E-state index contributed by atoms with van der Waals surface area (Å²) in [4.78, 5) is 37.3. The van der Waals surface area contributed by atoms with Gasteiger partial charge in [0.2, 0.25) is 5.91 Å². The highest BCUT2D eigenvalue weighted by Crippen LogP contribution is 2.34. The molecule has 1 N–H and O–H groups in total. The first kappa shape index (κ1) is 19.7. The van der Waals surface area contributed by atoms with E-state index in [2.05, 4.69) is 16.9 Å². The Bertz CT molecular complexity index is 713.